The Kier molecular flexibility index (Phi) is 8.81. The first kappa shape index (κ1) is 22.7. The number of H-pyrrole nitrogens is 1. The highest BCUT2D eigenvalue weighted by Crippen LogP contribution is 2.43. The van der Waals surface area contributed by atoms with Crippen molar-refractivity contribution in [3.05, 3.63) is 33.1 Å². The van der Waals surface area contributed by atoms with Crippen molar-refractivity contribution in [1.82, 2.24) is 9.55 Å². The van der Waals surface area contributed by atoms with Gasteiger partial charge in [0, 0.05) is 25.5 Å². The van der Waals surface area contributed by atoms with Crippen LogP contribution in [0.4, 0.5) is 4.39 Å². The number of hydrogen-bond acceptors (Lipinski definition) is 6. The van der Waals surface area contributed by atoms with Gasteiger partial charge >= 0.3 is 5.69 Å². The molecule has 2 N–H and O–H groups in total. The predicted molar refractivity (Wildman–Crippen MR) is 101 cm³/mol. The maximum atomic E-state index is 14.3. The van der Waals surface area contributed by atoms with Gasteiger partial charge in [-0.15, -0.1) is 0 Å². The summed E-state index contributed by atoms with van der Waals surface area (Å²) in [6.07, 6.45) is 2.95. The molecule has 0 bridgehead atoms. The molecule has 0 saturated carbocycles. The third kappa shape index (κ3) is 5.08. The monoisotopic (exact) mass is 402 g/mol. The number of ether oxygens (including phenoxy) is 3. The number of hydrogen-bond donors (Lipinski definition) is 2. The molecule has 160 valence electrons. The number of unbranched alkanes of at least 4 members (excludes halogenated alkanes) is 2. The molecule has 0 radical (unpaired) electrons. The van der Waals surface area contributed by atoms with E-state index in [-0.39, 0.29) is 13.2 Å². The molecule has 0 amide bonds. The van der Waals surface area contributed by atoms with E-state index in [0.717, 1.165) is 30.3 Å². The van der Waals surface area contributed by atoms with Gasteiger partial charge < -0.3 is 19.3 Å². The third-order valence-electron chi connectivity index (χ3n) is 4.98. The first-order valence-electron chi connectivity index (χ1n) is 9.88. The number of aliphatic hydroxyl groups is 1. The lowest BCUT2D eigenvalue weighted by molar-refractivity contribution is -0.160. The molecule has 1 aromatic heterocycles. The third-order valence-corrected chi connectivity index (χ3v) is 4.98. The fourth-order valence-corrected chi connectivity index (χ4v) is 3.39. The summed E-state index contributed by atoms with van der Waals surface area (Å²) in [6.45, 7) is 3.56. The molecule has 9 heteroatoms. The van der Waals surface area contributed by atoms with Gasteiger partial charge in [0.25, 0.3) is 5.56 Å². The maximum Gasteiger partial charge on any atom is 0.330 e. The van der Waals surface area contributed by atoms with E-state index >= 15 is 0 Å². The fourth-order valence-electron chi connectivity index (χ4n) is 3.39. The molecule has 28 heavy (non-hydrogen) atoms. The summed E-state index contributed by atoms with van der Waals surface area (Å²) in [5, 5.41) is 10.00. The number of rotatable bonds is 12. The molecule has 1 aromatic rings. The van der Waals surface area contributed by atoms with Crippen molar-refractivity contribution in [3.63, 3.8) is 0 Å². The molecule has 1 aliphatic rings. The van der Waals surface area contributed by atoms with Crippen molar-refractivity contribution < 1.29 is 23.7 Å². The summed E-state index contributed by atoms with van der Waals surface area (Å²) in [6, 6.07) is 1.18. The quantitative estimate of drug-likeness (QED) is 0.512. The van der Waals surface area contributed by atoms with Gasteiger partial charge in [0.2, 0.25) is 0 Å². The number of nitrogens with one attached hydrogen (secondary N) is 1. The number of aliphatic hydroxyl groups excluding tert-OH is 1. The molecule has 1 aliphatic heterocycles. The molecule has 0 aliphatic carbocycles. The van der Waals surface area contributed by atoms with Gasteiger partial charge in [-0.25, -0.2) is 9.18 Å². The second-order valence-electron chi connectivity index (χ2n) is 7.12. The van der Waals surface area contributed by atoms with Crippen LogP contribution in [-0.2, 0) is 14.2 Å². The van der Waals surface area contributed by atoms with E-state index in [2.05, 4.69) is 4.98 Å². The van der Waals surface area contributed by atoms with E-state index in [1.807, 2.05) is 13.8 Å². The van der Waals surface area contributed by atoms with E-state index < -0.39 is 41.8 Å². The highest BCUT2D eigenvalue weighted by Gasteiger charge is 2.57. The highest BCUT2D eigenvalue weighted by molar-refractivity contribution is 5.03. The minimum Gasteiger partial charge on any atom is -0.396 e. The summed E-state index contributed by atoms with van der Waals surface area (Å²) in [4.78, 5) is 25.8. The van der Waals surface area contributed by atoms with E-state index in [4.69, 9.17) is 14.2 Å². The Balaban J connectivity index is 2.34. The lowest BCUT2D eigenvalue weighted by Crippen LogP contribution is -2.50. The number of alkyl halides is 1. The van der Waals surface area contributed by atoms with Gasteiger partial charge in [-0.2, -0.15) is 0 Å². The Bertz CT molecular complexity index is 708. The van der Waals surface area contributed by atoms with E-state index in [0.29, 0.717) is 13.2 Å². The van der Waals surface area contributed by atoms with Crippen LogP contribution in [0.3, 0.4) is 0 Å². The van der Waals surface area contributed by atoms with Crippen LogP contribution < -0.4 is 11.2 Å². The van der Waals surface area contributed by atoms with Crippen molar-refractivity contribution in [2.24, 2.45) is 5.92 Å². The van der Waals surface area contributed by atoms with Crippen LogP contribution in [0.15, 0.2) is 21.9 Å². The van der Waals surface area contributed by atoms with E-state index in [1.165, 1.54) is 12.3 Å². The Morgan fingerprint density at radius 2 is 2.00 bits per heavy atom. The molecule has 0 unspecified atom stereocenters. The Hall–Kier alpha value is -1.55. The number of nitrogens with zero attached hydrogens (tertiary/aromatic N) is 1. The van der Waals surface area contributed by atoms with Crippen LogP contribution in [0.1, 0.15) is 45.8 Å². The number of aromatic amines is 1. The first-order chi connectivity index (χ1) is 13.5. The second-order valence-corrected chi connectivity index (χ2v) is 7.12. The smallest absolute Gasteiger partial charge is 0.330 e. The molecular weight excluding hydrogens is 371 g/mol. The van der Waals surface area contributed by atoms with E-state index in [1.54, 1.807) is 0 Å². The molecular formula is C19H31FN2O6. The van der Waals surface area contributed by atoms with Crippen LogP contribution in [-0.4, -0.2) is 59.5 Å². The van der Waals surface area contributed by atoms with Crippen LogP contribution in [0.5, 0.6) is 0 Å². The zero-order chi connectivity index (χ0) is 20.6. The SMILES string of the molecule is CCCCOC[C@@]1(CF)O[C@@H](n2ccc(=O)[nH]c2=O)[C@H](CO)[C@@H]1OCCCC. The van der Waals surface area contributed by atoms with Crippen molar-refractivity contribution in [3.8, 4) is 0 Å². The molecule has 1 fully saturated rings. The standard InChI is InChI=1S/C19H31FN2O6/c1-3-5-9-26-13-19(12-20)16(27-10-6-4-2)14(11-23)17(28-19)22-8-7-15(24)21-18(22)25/h7-8,14,16-17,23H,3-6,9-13H2,1-2H3,(H,21,24,25)/t14-,16+,17-,19-/m1/s1. The van der Waals surface area contributed by atoms with Crippen LogP contribution in [0, 0.1) is 5.92 Å². The van der Waals surface area contributed by atoms with Gasteiger partial charge in [0.1, 0.15) is 24.6 Å². The molecule has 2 rings (SSSR count). The molecule has 4 atom stereocenters. The molecule has 8 nitrogen and oxygen atoms in total. The molecule has 2 heterocycles. The topological polar surface area (TPSA) is 103 Å². The maximum absolute atomic E-state index is 14.3. The average molecular weight is 402 g/mol. The second kappa shape index (κ2) is 10.8. The first-order valence-corrected chi connectivity index (χ1v) is 9.88. The van der Waals surface area contributed by atoms with Gasteiger partial charge in [0.05, 0.1) is 19.1 Å². The highest BCUT2D eigenvalue weighted by atomic mass is 19.1. The summed E-state index contributed by atoms with van der Waals surface area (Å²) in [5.74, 6) is -0.689. The van der Waals surface area contributed by atoms with Crippen LogP contribution >= 0.6 is 0 Å². The minimum absolute atomic E-state index is 0.0502. The summed E-state index contributed by atoms with van der Waals surface area (Å²) in [7, 11) is 0. The Morgan fingerprint density at radius 1 is 1.29 bits per heavy atom. The zero-order valence-corrected chi connectivity index (χ0v) is 16.6. The van der Waals surface area contributed by atoms with Crippen LogP contribution in [0.2, 0.25) is 0 Å². The summed E-state index contributed by atoms with van der Waals surface area (Å²) < 4.78 is 33.0. The average Bonchev–Trinajstić information content (AvgIpc) is 2.99. The Labute approximate surface area is 163 Å². The van der Waals surface area contributed by atoms with E-state index in [9.17, 15) is 19.1 Å². The minimum atomic E-state index is -1.44. The largest absolute Gasteiger partial charge is 0.396 e. The van der Waals surface area contributed by atoms with Crippen molar-refractivity contribution in [2.75, 3.05) is 33.1 Å². The normalized spacial score (nSPS) is 27.4. The molecule has 1 saturated heterocycles. The summed E-state index contributed by atoms with van der Waals surface area (Å²) in [5.41, 5.74) is -2.67. The molecule has 0 aromatic carbocycles. The summed E-state index contributed by atoms with van der Waals surface area (Å²) >= 11 is 0. The van der Waals surface area contributed by atoms with Crippen molar-refractivity contribution in [2.45, 2.75) is 57.5 Å². The van der Waals surface area contributed by atoms with Crippen LogP contribution in [0.25, 0.3) is 0 Å². The number of aromatic nitrogens is 2. The van der Waals surface area contributed by atoms with Gasteiger partial charge in [-0.3, -0.25) is 14.3 Å². The van der Waals surface area contributed by atoms with Gasteiger partial charge in [0.15, 0.2) is 0 Å². The predicted octanol–water partition coefficient (Wildman–Crippen LogP) is 1.38. The Morgan fingerprint density at radius 3 is 2.61 bits per heavy atom. The lowest BCUT2D eigenvalue weighted by atomic mass is 9.91. The van der Waals surface area contributed by atoms with Crippen molar-refractivity contribution in [1.29, 1.82) is 0 Å². The zero-order valence-electron chi connectivity index (χ0n) is 16.6. The molecule has 0 spiro atoms. The lowest BCUT2D eigenvalue weighted by Gasteiger charge is -2.32. The van der Waals surface area contributed by atoms with Gasteiger partial charge in [-0.05, 0) is 12.8 Å². The van der Waals surface area contributed by atoms with Crippen molar-refractivity contribution >= 4 is 0 Å². The number of halogens is 1. The fraction of sp³-hybridized carbons (Fsp3) is 0.789. The van der Waals surface area contributed by atoms with Gasteiger partial charge in [-0.1, -0.05) is 26.7 Å².